The third kappa shape index (κ3) is 5.94. The van der Waals surface area contributed by atoms with Crippen LogP contribution in [0.1, 0.15) is 37.7 Å². The molecule has 19 heavy (non-hydrogen) atoms. The fourth-order valence-electron chi connectivity index (χ4n) is 1.54. The summed E-state index contributed by atoms with van der Waals surface area (Å²) in [6.07, 6.45) is -1.51. The van der Waals surface area contributed by atoms with Gasteiger partial charge in [-0.2, -0.15) is 0 Å². The molecule has 0 atom stereocenters. The molecule has 0 radical (unpaired) electrons. The lowest BCUT2D eigenvalue weighted by Crippen LogP contribution is -2.11. The van der Waals surface area contributed by atoms with Crippen LogP contribution in [-0.4, -0.2) is 17.0 Å². The fraction of sp³-hybridized carbons (Fsp3) is 0.385. The molecule has 1 rings (SSSR count). The largest absolute Gasteiger partial charge is 0.481 e. The molecule has 4 nitrogen and oxygen atoms in total. The zero-order valence-corrected chi connectivity index (χ0v) is 10.2. The molecule has 1 aromatic rings. The summed E-state index contributed by atoms with van der Waals surface area (Å²) >= 11 is 0. The van der Waals surface area contributed by atoms with Crippen LogP contribution in [-0.2, 0) is 9.59 Å². The van der Waals surface area contributed by atoms with E-state index in [1.54, 1.807) is 0 Å². The number of carbonyl (C=O) groups excluding carboxylic acids is 1. The molecular formula is C13H15F2NO3. The number of rotatable bonds is 7. The number of carbonyl (C=O) groups is 2. The molecule has 0 bridgehead atoms. The van der Waals surface area contributed by atoms with Crippen LogP contribution in [0.25, 0.3) is 0 Å². The Labute approximate surface area is 109 Å². The van der Waals surface area contributed by atoms with Gasteiger partial charge in [0.2, 0.25) is 5.91 Å². The first-order valence-electron chi connectivity index (χ1n) is 5.89. The van der Waals surface area contributed by atoms with Crippen molar-refractivity contribution in [3.05, 3.63) is 29.8 Å². The Morgan fingerprint density at radius 3 is 2.53 bits per heavy atom. The quantitative estimate of drug-likeness (QED) is 0.748. The van der Waals surface area contributed by atoms with E-state index in [1.807, 2.05) is 0 Å². The Bertz CT molecular complexity index is 449. The Kier molecular flexibility index (Phi) is 5.92. The summed E-state index contributed by atoms with van der Waals surface area (Å²) in [7, 11) is 0. The lowest BCUT2D eigenvalue weighted by Gasteiger charge is -2.07. The van der Waals surface area contributed by atoms with Crippen LogP contribution in [0.2, 0.25) is 0 Å². The smallest absolute Gasteiger partial charge is 0.303 e. The van der Waals surface area contributed by atoms with Crippen molar-refractivity contribution in [2.75, 3.05) is 5.32 Å². The number of alkyl halides is 2. The van der Waals surface area contributed by atoms with E-state index in [1.165, 1.54) is 24.3 Å². The maximum absolute atomic E-state index is 12.4. The SMILES string of the molecule is O=C(O)CCCCC(=O)Nc1cccc(C(F)F)c1. The monoisotopic (exact) mass is 271 g/mol. The average Bonchev–Trinajstić information content (AvgIpc) is 2.34. The topological polar surface area (TPSA) is 66.4 Å². The van der Waals surface area contributed by atoms with Crippen molar-refractivity contribution < 1.29 is 23.5 Å². The number of hydrogen-bond acceptors (Lipinski definition) is 2. The van der Waals surface area contributed by atoms with Crippen molar-refractivity contribution >= 4 is 17.6 Å². The van der Waals surface area contributed by atoms with Crippen molar-refractivity contribution in [1.29, 1.82) is 0 Å². The number of halogens is 2. The van der Waals surface area contributed by atoms with E-state index in [4.69, 9.17) is 5.11 Å². The summed E-state index contributed by atoms with van der Waals surface area (Å²) in [5, 5.41) is 10.9. The minimum atomic E-state index is -2.58. The molecule has 6 heteroatoms. The van der Waals surface area contributed by atoms with Crippen LogP contribution in [0.15, 0.2) is 24.3 Å². The number of carboxylic acids is 1. The number of unbranched alkanes of at least 4 members (excludes halogenated alkanes) is 1. The third-order valence-corrected chi connectivity index (χ3v) is 2.47. The molecule has 0 spiro atoms. The highest BCUT2D eigenvalue weighted by atomic mass is 19.3. The highest BCUT2D eigenvalue weighted by molar-refractivity contribution is 5.90. The Hall–Kier alpha value is -1.98. The summed E-state index contributed by atoms with van der Waals surface area (Å²) < 4.78 is 24.9. The van der Waals surface area contributed by atoms with Gasteiger partial charge in [0.1, 0.15) is 0 Å². The first-order valence-corrected chi connectivity index (χ1v) is 5.89. The van der Waals surface area contributed by atoms with Gasteiger partial charge in [-0.3, -0.25) is 9.59 Å². The lowest BCUT2D eigenvalue weighted by atomic mass is 10.1. The second-order valence-electron chi connectivity index (χ2n) is 4.08. The Balaban J connectivity index is 2.39. The molecule has 0 fully saturated rings. The maximum Gasteiger partial charge on any atom is 0.303 e. The molecule has 1 aromatic carbocycles. The lowest BCUT2D eigenvalue weighted by molar-refractivity contribution is -0.137. The summed E-state index contributed by atoms with van der Waals surface area (Å²) in [4.78, 5) is 21.8. The van der Waals surface area contributed by atoms with Crippen molar-refractivity contribution in [1.82, 2.24) is 0 Å². The molecule has 0 heterocycles. The minimum absolute atomic E-state index is 0.0220. The van der Waals surface area contributed by atoms with Gasteiger partial charge in [-0.25, -0.2) is 8.78 Å². The zero-order valence-electron chi connectivity index (χ0n) is 10.2. The number of hydrogen-bond donors (Lipinski definition) is 2. The number of anilines is 1. The van der Waals surface area contributed by atoms with E-state index >= 15 is 0 Å². The van der Waals surface area contributed by atoms with E-state index in [-0.39, 0.29) is 24.3 Å². The number of aliphatic carboxylic acids is 1. The van der Waals surface area contributed by atoms with Gasteiger partial charge in [0, 0.05) is 24.1 Å². The van der Waals surface area contributed by atoms with Crippen LogP contribution in [0.3, 0.4) is 0 Å². The standard InChI is InChI=1S/C13H15F2NO3/c14-13(15)9-4-3-5-10(8-9)16-11(17)6-1-2-7-12(18)19/h3-5,8,13H,1-2,6-7H2,(H,16,17)(H,18,19). The maximum atomic E-state index is 12.4. The van der Waals surface area contributed by atoms with Crippen molar-refractivity contribution in [2.45, 2.75) is 32.1 Å². The van der Waals surface area contributed by atoms with E-state index in [0.29, 0.717) is 18.5 Å². The van der Waals surface area contributed by atoms with Crippen LogP contribution in [0.4, 0.5) is 14.5 Å². The molecular weight excluding hydrogens is 256 g/mol. The predicted molar refractivity (Wildman–Crippen MR) is 66.1 cm³/mol. The van der Waals surface area contributed by atoms with Gasteiger partial charge in [0.25, 0.3) is 6.43 Å². The van der Waals surface area contributed by atoms with Gasteiger partial charge in [-0.1, -0.05) is 12.1 Å². The average molecular weight is 271 g/mol. The highest BCUT2D eigenvalue weighted by Gasteiger charge is 2.08. The van der Waals surface area contributed by atoms with E-state index in [2.05, 4.69) is 5.32 Å². The van der Waals surface area contributed by atoms with Gasteiger partial charge in [0.05, 0.1) is 0 Å². The van der Waals surface area contributed by atoms with Gasteiger partial charge in [-0.15, -0.1) is 0 Å². The van der Waals surface area contributed by atoms with Gasteiger partial charge < -0.3 is 10.4 Å². The summed E-state index contributed by atoms with van der Waals surface area (Å²) in [6.45, 7) is 0. The normalized spacial score (nSPS) is 10.5. The van der Waals surface area contributed by atoms with E-state index in [0.717, 1.165) is 0 Å². The van der Waals surface area contributed by atoms with Gasteiger partial charge >= 0.3 is 5.97 Å². The predicted octanol–water partition coefficient (Wildman–Crippen LogP) is 3.21. The van der Waals surface area contributed by atoms with Crippen LogP contribution < -0.4 is 5.32 Å². The zero-order chi connectivity index (χ0) is 14.3. The molecule has 0 saturated carbocycles. The van der Waals surface area contributed by atoms with Gasteiger partial charge in [0.15, 0.2) is 0 Å². The molecule has 0 aliphatic carbocycles. The van der Waals surface area contributed by atoms with Crippen LogP contribution in [0.5, 0.6) is 0 Å². The number of amides is 1. The third-order valence-electron chi connectivity index (χ3n) is 2.47. The summed E-state index contributed by atoms with van der Waals surface area (Å²) in [6, 6.07) is 5.48. The molecule has 104 valence electrons. The number of nitrogens with one attached hydrogen (secondary N) is 1. The first kappa shape index (κ1) is 15.1. The Morgan fingerprint density at radius 2 is 1.89 bits per heavy atom. The first-order chi connectivity index (χ1) is 8.99. The highest BCUT2D eigenvalue weighted by Crippen LogP contribution is 2.21. The minimum Gasteiger partial charge on any atom is -0.481 e. The second kappa shape index (κ2) is 7.45. The second-order valence-corrected chi connectivity index (χ2v) is 4.08. The molecule has 0 saturated heterocycles. The molecule has 0 aliphatic heterocycles. The van der Waals surface area contributed by atoms with Crippen molar-refractivity contribution in [2.24, 2.45) is 0 Å². The van der Waals surface area contributed by atoms with E-state index < -0.39 is 12.4 Å². The molecule has 1 amide bonds. The van der Waals surface area contributed by atoms with Crippen LogP contribution in [0, 0.1) is 0 Å². The van der Waals surface area contributed by atoms with E-state index in [9.17, 15) is 18.4 Å². The molecule has 0 aliphatic rings. The van der Waals surface area contributed by atoms with Gasteiger partial charge in [-0.05, 0) is 25.0 Å². The molecule has 0 unspecified atom stereocenters. The number of benzene rings is 1. The summed E-state index contributed by atoms with van der Waals surface area (Å²) in [5.74, 6) is -1.21. The van der Waals surface area contributed by atoms with Crippen molar-refractivity contribution in [3.63, 3.8) is 0 Å². The fourth-order valence-corrected chi connectivity index (χ4v) is 1.54. The number of carboxylic acid groups (broad SMARTS) is 1. The summed E-state index contributed by atoms with van der Waals surface area (Å²) in [5.41, 5.74) is 0.171. The molecule has 2 N–H and O–H groups in total. The van der Waals surface area contributed by atoms with Crippen LogP contribution >= 0.6 is 0 Å². The van der Waals surface area contributed by atoms with Crippen molar-refractivity contribution in [3.8, 4) is 0 Å². The Morgan fingerprint density at radius 1 is 1.21 bits per heavy atom. The molecule has 0 aromatic heterocycles.